The molecule has 2 aromatic heterocycles. The van der Waals surface area contributed by atoms with Crippen LogP contribution in [0.5, 0.6) is 11.5 Å². The summed E-state index contributed by atoms with van der Waals surface area (Å²) in [6.07, 6.45) is 16.0. The van der Waals surface area contributed by atoms with Crippen LogP contribution in [0.15, 0.2) is 43.0 Å². The number of benzene rings is 1. The third-order valence-corrected chi connectivity index (χ3v) is 10.2. The number of aromatic amines is 1. The molecule has 2 saturated heterocycles. The molecule has 0 amide bonds. The van der Waals surface area contributed by atoms with Crippen LogP contribution in [-0.2, 0) is 29.0 Å². The molecule has 0 radical (unpaired) electrons. The summed E-state index contributed by atoms with van der Waals surface area (Å²) in [6.45, 7) is 14.3. The molecule has 2 aliphatic rings. The summed E-state index contributed by atoms with van der Waals surface area (Å²) in [5.74, 6) is 2.56. The van der Waals surface area contributed by atoms with Gasteiger partial charge in [0.25, 0.3) is 0 Å². The van der Waals surface area contributed by atoms with E-state index in [4.69, 9.17) is 19.2 Å². The predicted octanol–water partition coefficient (Wildman–Crippen LogP) is 5.00. The highest BCUT2D eigenvalue weighted by Crippen LogP contribution is 2.41. The molecule has 0 saturated carbocycles. The first-order chi connectivity index (χ1) is 23.0. The Kier molecular flexibility index (Phi) is 12.7. The van der Waals surface area contributed by atoms with Gasteiger partial charge in [0, 0.05) is 56.9 Å². The van der Waals surface area contributed by atoms with Gasteiger partial charge in [0.15, 0.2) is 18.1 Å². The third kappa shape index (κ3) is 9.36. The predicted molar refractivity (Wildman–Crippen MR) is 183 cm³/mol. The Hall–Kier alpha value is -3.41. The summed E-state index contributed by atoms with van der Waals surface area (Å²) >= 11 is 0. The van der Waals surface area contributed by atoms with Crippen LogP contribution in [0.1, 0.15) is 82.6 Å². The Morgan fingerprint density at radius 3 is 2.57 bits per heavy atom. The van der Waals surface area contributed by atoms with E-state index in [0.717, 1.165) is 42.8 Å². The zero-order chi connectivity index (χ0) is 33.1. The molecule has 0 aliphatic carbocycles. The van der Waals surface area contributed by atoms with Gasteiger partial charge in [0.05, 0.1) is 19.8 Å². The fraction of sp³-hybridized carbons (Fsp3) is 0.639. The first-order valence-electron chi connectivity index (χ1n) is 17.6. The fourth-order valence-electron chi connectivity index (χ4n) is 7.43. The first kappa shape index (κ1) is 34.9. The van der Waals surface area contributed by atoms with Gasteiger partial charge in [-0.2, -0.15) is 0 Å². The van der Waals surface area contributed by atoms with Gasteiger partial charge < -0.3 is 38.9 Å². The number of piperidine rings is 1. The lowest BCUT2D eigenvalue weighted by atomic mass is 9.77. The third-order valence-electron chi connectivity index (χ3n) is 10.2. The Labute approximate surface area is 280 Å². The maximum atomic E-state index is 11.8. The number of esters is 1. The Morgan fingerprint density at radius 1 is 1.04 bits per heavy atom. The van der Waals surface area contributed by atoms with Crippen molar-refractivity contribution in [2.24, 2.45) is 5.41 Å². The second-order valence-corrected chi connectivity index (χ2v) is 13.1. The number of nitrogens with zero attached hydrogens (tertiary/aromatic N) is 5. The quantitative estimate of drug-likeness (QED) is 0.184. The molecule has 258 valence electrons. The number of aryl methyl sites for hydroxylation is 1. The van der Waals surface area contributed by atoms with Crippen molar-refractivity contribution in [3.8, 4) is 11.5 Å². The highest BCUT2D eigenvalue weighted by Gasteiger charge is 2.41. The highest BCUT2D eigenvalue weighted by atomic mass is 16.6. The average Bonchev–Trinajstić information content (AvgIpc) is 3.86. The molecule has 2 N–H and O–H groups in total. The SMILES string of the molecule is CCOC(=O)COc1cc(CNC(Cc2nccn2CCCN2CCC3(CCN(C(CC)CC)CC3)C2)c2ncc[nH]2)ccc1OC. The second kappa shape index (κ2) is 17.1. The molecule has 2 fully saturated rings. The van der Waals surface area contributed by atoms with Crippen LogP contribution in [-0.4, -0.2) is 94.4 Å². The van der Waals surface area contributed by atoms with Crippen LogP contribution in [0.2, 0.25) is 0 Å². The number of aromatic nitrogens is 4. The van der Waals surface area contributed by atoms with Crippen molar-refractivity contribution >= 4 is 5.97 Å². The minimum atomic E-state index is -0.413. The van der Waals surface area contributed by atoms with Crippen molar-refractivity contribution in [2.45, 2.75) is 90.9 Å². The van der Waals surface area contributed by atoms with Gasteiger partial charge in [0.1, 0.15) is 11.6 Å². The molecule has 1 atom stereocenters. The van der Waals surface area contributed by atoms with E-state index in [-0.39, 0.29) is 12.6 Å². The minimum Gasteiger partial charge on any atom is -0.493 e. The summed E-state index contributed by atoms with van der Waals surface area (Å²) in [4.78, 5) is 29.9. The molecule has 11 heteroatoms. The normalized spacial score (nSPS) is 17.4. The van der Waals surface area contributed by atoms with Crippen molar-refractivity contribution in [3.05, 3.63) is 60.2 Å². The fourth-order valence-corrected chi connectivity index (χ4v) is 7.43. The van der Waals surface area contributed by atoms with Crippen LogP contribution < -0.4 is 14.8 Å². The number of carbonyl (C=O) groups is 1. The number of rotatable bonds is 18. The molecule has 11 nitrogen and oxygen atoms in total. The number of nitrogens with one attached hydrogen (secondary N) is 2. The van der Waals surface area contributed by atoms with Gasteiger partial charge in [-0.1, -0.05) is 19.9 Å². The van der Waals surface area contributed by atoms with Crippen molar-refractivity contribution in [1.29, 1.82) is 0 Å². The van der Waals surface area contributed by atoms with E-state index >= 15 is 0 Å². The van der Waals surface area contributed by atoms with E-state index in [1.165, 1.54) is 58.3 Å². The number of ether oxygens (including phenoxy) is 3. The monoisotopic (exact) mass is 649 g/mol. The van der Waals surface area contributed by atoms with Crippen LogP contribution in [0.3, 0.4) is 0 Å². The van der Waals surface area contributed by atoms with Crippen molar-refractivity contribution in [1.82, 2.24) is 34.6 Å². The second-order valence-electron chi connectivity index (χ2n) is 13.1. The molecule has 1 unspecified atom stereocenters. The molecule has 0 bridgehead atoms. The number of imidazole rings is 2. The smallest absolute Gasteiger partial charge is 0.344 e. The number of hydrogen-bond donors (Lipinski definition) is 2. The lowest BCUT2D eigenvalue weighted by Crippen LogP contribution is -2.45. The number of methoxy groups -OCH3 is 1. The van der Waals surface area contributed by atoms with Crippen molar-refractivity contribution in [2.75, 3.05) is 53.0 Å². The van der Waals surface area contributed by atoms with Gasteiger partial charge in [-0.15, -0.1) is 0 Å². The van der Waals surface area contributed by atoms with Gasteiger partial charge in [-0.3, -0.25) is 0 Å². The zero-order valence-electron chi connectivity index (χ0n) is 28.9. The molecule has 2 aliphatic heterocycles. The average molecular weight is 650 g/mol. The molecule has 1 spiro atoms. The Balaban J connectivity index is 1.13. The standard InChI is InChI=1S/C36H55N7O4/c1-5-29(6-2)42-20-12-36(13-21-42)11-19-41(27-36)17-8-18-43-22-16-37-33(43)24-30(35-38-14-15-39-35)40-25-28-9-10-31(45-4)32(23-28)47-26-34(44)46-7-3/h9-10,14-16,22-23,29-30,40H,5-8,11-13,17-21,24-27H2,1-4H3,(H,38,39). The topological polar surface area (TPSA) is 110 Å². The molecule has 47 heavy (non-hydrogen) atoms. The number of hydrogen-bond acceptors (Lipinski definition) is 9. The van der Waals surface area contributed by atoms with E-state index in [0.29, 0.717) is 36.5 Å². The summed E-state index contributed by atoms with van der Waals surface area (Å²) in [7, 11) is 1.58. The minimum absolute atomic E-state index is 0.0681. The molecule has 3 aromatic rings. The van der Waals surface area contributed by atoms with Gasteiger partial charge in [0.2, 0.25) is 0 Å². The van der Waals surface area contributed by atoms with Gasteiger partial charge in [-0.25, -0.2) is 14.8 Å². The maximum Gasteiger partial charge on any atom is 0.344 e. The lowest BCUT2D eigenvalue weighted by Gasteiger charge is -2.42. The molecule has 5 rings (SSSR count). The van der Waals surface area contributed by atoms with Crippen LogP contribution >= 0.6 is 0 Å². The molecular weight excluding hydrogens is 594 g/mol. The summed E-state index contributed by atoms with van der Waals surface area (Å²) < 4.78 is 18.5. The van der Waals surface area contributed by atoms with Crippen LogP contribution in [0, 0.1) is 5.41 Å². The van der Waals surface area contributed by atoms with E-state index in [1.807, 2.05) is 30.6 Å². The largest absolute Gasteiger partial charge is 0.493 e. The first-order valence-corrected chi connectivity index (χ1v) is 17.6. The Morgan fingerprint density at radius 2 is 1.85 bits per heavy atom. The highest BCUT2D eigenvalue weighted by molar-refractivity contribution is 5.71. The maximum absolute atomic E-state index is 11.8. The van der Waals surface area contributed by atoms with E-state index < -0.39 is 5.97 Å². The Bertz CT molecular complexity index is 1370. The zero-order valence-corrected chi connectivity index (χ0v) is 28.9. The molecule has 1 aromatic carbocycles. The summed E-state index contributed by atoms with van der Waals surface area (Å²) in [5, 5.41) is 3.66. The summed E-state index contributed by atoms with van der Waals surface area (Å²) in [6, 6.07) is 6.43. The van der Waals surface area contributed by atoms with E-state index in [9.17, 15) is 4.79 Å². The molecule has 4 heterocycles. The van der Waals surface area contributed by atoms with Gasteiger partial charge in [-0.05, 0) is 94.7 Å². The van der Waals surface area contributed by atoms with Crippen molar-refractivity contribution < 1.29 is 19.0 Å². The molecular formula is C36H55N7O4. The number of H-pyrrole nitrogens is 1. The summed E-state index contributed by atoms with van der Waals surface area (Å²) in [5.41, 5.74) is 1.52. The van der Waals surface area contributed by atoms with E-state index in [1.54, 1.807) is 20.2 Å². The van der Waals surface area contributed by atoms with Crippen molar-refractivity contribution in [3.63, 3.8) is 0 Å². The number of carbonyl (C=O) groups excluding carboxylic acids is 1. The lowest BCUT2D eigenvalue weighted by molar-refractivity contribution is -0.145. The van der Waals surface area contributed by atoms with Crippen LogP contribution in [0.4, 0.5) is 0 Å². The van der Waals surface area contributed by atoms with Gasteiger partial charge >= 0.3 is 5.97 Å². The number of likely N-dealkylation sites (tertiary alicyclic amines) is 2. The van der Waals surface area contributed by atoms with Crippen LogP contribution in [0.25, 0.3) is 0 Å². The van der Waals surface area contributed by atoms with E-state index in [2.05, 4.69) is 49.7 Å².